The molecule has 0 heterocycles. The number of allylic oxidation sites excluding steroid dienone is 1. The maximum atomic E-state index is 12.2. The van der Waals surface area contributed by atoms with E-state index in [0.29, 0.717) is 12.0 Å². The Balaban J connectivity index is 3.01. The third kappa shape index (κ3) is 3.59. The fourth-order valence-corrected chi connectivity index (χ4v) is 2.01. The Morgan fingerprint density at radius 2 is 2.19 bits per heavy atom. The number of alkyl halides is 3. The number of aryl methyl sites for hydroxylation is 1. The van der Waals surface area contributed by atoms with Crippen LogP contribution in [0.2, 0.25) is 0 Å². The molecule has 4 heteroatoms. The zero-order valence-electron chi connectivity index (χ0n) is 8.92. The molecular weight excluding hydrogens is 278 g/mol. The van der Waals surface area contributed by atoms with Crippen molar-refractivity contribution in [3.63, 3.8) is 0 Å². The van der Waals surface area contributed by atoms with Gasteiger partial charge in [0.1, 0.15) is 5.75 Å². The van der Waals surface area contributed by atoms with E-state index < -0.39 is 6.61 Å². The van der Waals surface area contributed by atoms with Crippen molar-refractivity contribution in [2.45, 2.75) is 24.8 Å². The summed E-state index contributed by atoms with van der Waals surface area (Å²) in [5, 5.41) is 0. The molecule has 0 radical (unpaired) electrons. The molecule has 1 aromatic carbocycles. The van der Waals surface area contributed by atoms with Crippen molar-refractivity contribution in [2.75, 3.05) is 0 Å². The number of benzene rings is 1. The zero-order chi connectivity index (χ0) is 12.1. The molecule has 1 aromatic rings. The van der Waals surface area contributed by atoms with Crippen molar-refractivity contribution < 1.29 is 13.5 Å². The van der Waals surface area contributed by atoms with Crippen molar-refractivity contribution in [1.82, 2.24) is 0 Å². The molecule has 0 bridgehead atoms. The highest BCUT2D eigenvalue weighted by Crippen LogP contribution is 2.35. The molecule has 1 rings (SSSR count). The summed E-state index contributed by atoms with van der Waals surface area (Å²) >= 11 is 3.42. The Kier molecular flexibility index (Phi) is 4.93. The smallest absolute Gasteiger partial charge is 0.387 e. The lowest BCUT2D eigenvalue weighted by molar-refractivity contribution is -0.0504. The molecule has 1 nitrogen and oxygen atoms in total. The van der Waals surface area contributed by atoms with E-state index in [2.05, 4.69) is 27.2 Å². The molecular formula is C12H13BrF2O. The fraction of sp³-hybridized carbons (Fsp3) is 0.333. The van der Waals surface area contributed by atoms with Crippen LogP contribution in [-0.2, 0) is 0 Å². The lowest BCUT2D eigenvalue weighted by atomic mass is 10.1. The minimum absolute atomic E-state index is 0.0562. The normalized spacial score (nSPS) is 12.6. The van der Waals surface area contributed by atoms with Gasteiger partial charge in [-0.2, -0.15) is 8.78 Å². The van der Waals surface area contributed by atoms with Crippen molar-refractivity contribution in [1.29, 1.82) is 0 Å². The molecule has 0 aliphatic heterocycles. The largest absolute Gasteiger partial charge is 0.434 e. The van der Waals surface area contributed by atoms with Gasteiger partial charge in [0.15, 0.2) is 0 Å². The van der Waals surface area contributed by atoms with E-state index in [4.69, 9.17) is 0 Å². The first kappa shape index (κ1) is 13.2. The molecule has 0 spiro atoms. The van der Waals surface area contributed by atoms with E-state index >= 15 is 0 Å². The summed E-state index contributed by atoms with van der Waals surface area (Å²) in [5.41, 5.74) is 1.60. The summed E-state index contributed by atoms with van der Waals surface area (Å²) < 4.78 is 28.9. The van der Waals surface area contributed by atoms with Gasteiger partial charge in [0.2, 0.25) is 0 Å². The van der Waals surface area contributed by atoms with Gasteiger partial charge in [-0.15, -0.1) is 6.58 Å². The molecule has 16 heavy (non-hydrogen) atoms. The molecule has 1 atom stereocenters. The summed E-state index contributed by atoms with van der Waals surface area (Å²) in [6.45, 7) is 2.65. The van der Waals surface area contributed by atoms with Crippen LogP contribution in [-0.4, -0.2) is 6.61 Å². The topological polar surface area (TPSA) is 9.23 Å². The Morgan fingerprint density at radius 3 is 2.75 bits per heavy atom. The van der Waals surface area contributed by atoms with Gasteiger partial charge < -0.3 is 4.74 Å². The predicted octanol–water partition coefficient (Wildman–Crippen LogP) is 4.61. The van der Waals surface area contributed by atoms with Crippen LogP contribution in [0, 0.1) is 6.92 Å². The second-order valence-corrected chi connectivity index (χ2v) is 4.52. The Hall–Kier alpha value is -0.900. The van der Waals surface area contributed by atoms with Gasteiger partial charge in [0.05, 0.1) is 0 Å². The highest BCUT2D eigenvalue weighted by Gasteiger charge is 2.15. The SMILES string of the molecule is C=CCC(Br)c1ccc(C)cc1OC(F)F. The highest BCUT2D eigenvalue weighted by atomic mass is 79.9. The second-order valence-electron chi connectivity index (χ2n) is 3.41. The summed E-state index contributed by atoms with van der Waals surface area (Å²) in [7, 11) is 0. The number of halogens is 3. The van der Waals surface area contributed by atoms with Gasteiger partial charge in [-0.25, -0.2) is 0 Å². The number of ether oxygens (including phenoxy) is 1. The molecule has 0 aliphatic rings. The molecule has 0 aromatic heterocycles. The van der Waals surface area contributed by atoms with Crippen molar-refractivity contribution in [2.24, 2.45) is 0 Å². The molecule has 0 saturated heterocycles. The maximum absolute atomic E-state index is 12.2. The first-order chi connectivity index (χ1) is 7.54. The maximum Gasteiger partial charge on any atom is 0.387 e. The lowest BCUT2D eigenvalue weighted by Crippen LogP contribution is -2.05. The van der Waals surface area contributed by atoms with E-state index in [1.807, 2.05) is 13.0 Å². The van der Waals surface area contributed by atoms with Gasteiger partial charge >= 0.3 is 6.61 Å². The van der Waals surface area contributed by atoms with Crippen LogP contribution in [0.25, 0.3) is 0 Å². The molecule has 0 amide bonds. The van der Waals surface area contributed by atoms with Crippen molar-refractivity contribution >= 4 is 15.9 Å². The van der Waals surface area contributed by atoms with Crippen LogP contribution >= 0.6 is 15.9 Å². The standard InChI is InChI=1S/C12H13BrF2O/c1-3-4-10(13)9-6-5-8(2)7-11(9)16-12(14)15/h3,5-7,10,12H,1,4H2,2H3. The highest BCUT2D eigenvalue weighted by molar-refractivity contribution is 9.09. The quantitative estimate of drug-likeness (QED) is 0.568. The van der Waals surface area contributed by atoms with Gasteiger partial charge in [-0.3, -0.25) is 0 Å². The third-order valence-electron chi connectivity index (χ3n) is 2.10. The average molecular weight is 291 g/mol. The summed E-state index contributed by atoms with van der Waals surface area (Å²) in [6, 6.07) is 5.26. The van der Waals surface area contributed by atoms with Crippen LogP contribution in [0.1, 0.15) is 22.4 Å². The van der Waals surface area contributed by atoms with E-state index in [-0.39, 0.29) is 10.6 Å². The van der Waals surface area contributed by atoms with E-state index in [0.717, 1.165) is 5.56 Å². The van der Waals surface area contributed by atoms with Crippen LogP contribution in [0.5, 0.6) is 5.75 Å². The monoisotopic (exact) mass is 290 g/mol. The minimum Gasteiger partial charge on any atom is -0.434 e. The first-order valence-electron chi connectivity index (χ1n) is 4.85. The molecule has 0 aliphatic carbocycles. The van der Waals surface area contributed by atoms with Crippen LogP contribution in [0.3, 0.4) is 0 Å². The van der Waals surface area contributed by atoms with Gasteiger partial charge in [-0.1, -0.05) is 34.1 Å². The lowest BCUT2D eigenvalue weighted by Gasteiger charge is -2.14. The summed E-state index contributed by atoms with van der Waals surface area (Å²) in [4.78, 5) is -0.0562. The number of rotatable bonds is 5. The zero-order valence-corrected chi connectivity index (χ0v) is 10.5. The van der Waals surface area contributed by atoms with Gasteiger partial charge in [-0.05, 0) is 25.0 Å². The second kappa shape index (κ2) is 5.99. The minimum atomic E-state index is -2.80. The van der Waals surface area contributed by atoms with Crippen molar-refractivity contribution in [3.05, 3.63) is 42.0 Å². The molecule has 88 valence electrons. The Bertz CT molecular complexity index is 366. The first-order valence-corrected chi connectivity index (χ1v) is 5.76. The Morgan fingerprint density at radius 1 is 1.50 bits per heavy atom. The van der Waals surface area contributed by atoms with E-state index in [1.165, 1.54) is 0 Å². The number of hydrogen-bond donors (Lipinski definition) is 0. The van der Waals surface area contributed by atoms with Crippen molar-refractivity contribution in [3.8, 4) is 5.75 Å². The van der Waals surface area contributed by atoms with E-state index in [1.54, 1.807) is 18.2 Å². The Labute approximate surface area is 102 Å². The van der Waals surface area contributed by atoms with Gasteiger partial charge in [0.25, 0.3) is 0 Å². The predicted molar refractivity (Wildman–Crippen MR) is 64.3 cm³/mol. The summed E-state index contributed by atoms with van der Waals surface area (Å²) in [5.74, 6) is 0.221. The third-order valence-corrected chi connectivity index (χ3v) is 2.96. The van der Waals surface area contributed by atoms with Crippen LogP contribution in [0.15, 0.2) is 30.9 Å². The molecule has 0 N–H and O–H groups in total. The average Bonchev–Trinajstić information content (AvgIpc) is 2.16. The summed E-state index contributed by atoms with van der Waals surface area (Å²) in [6.07, 6.45) is 2.38. The van der Waals surface area contributed by atoms with Crippen LogP contribution in [0.4, 0.5) is 8.78 Å². The molecule has 0 saturated carbocycles. The van der Waals surface area contributed by atoms with E-state index in [9.17, 15) is 8.78 Å². The number of hydrogen-bond acceptors (Lipinski definition) is 1. The molecule has 1 unspecified atom stereocenters. The van der Waals surface area contributed by atoms with Crippen LogP contribution < -0.4 is 4.74 Å². The van der Waals surface area contributed by atoms with Gasteiger partial charge in [0, 0.05) is 10.4 Å². The fourth-order valence-electron chi connectivity index (χ4n) is 1.37. The molecule has 0 fully saturated rings.